The molecule has 100 valence electrons. The summed E-state index contributed by atoms with van der Waals surface area (Å²) < 4.78 is 0. The maximum absolute atomic E-state index is 11.4. The number of carboxylic acid groups (broad SMARTS) is 1. The fraction of sp³-hybridized carbons (Fsp3) is 0.692. The van der Waals surface area contributed by atoms with Gasteiger partial charge in [-0.2, -0.15) is 0 Å². The van der Waals surface area contributed by atoms with Crippen LogP contribution in [0.2, 0.25) is 0 Å². The van der Waals surface area contributed by atoms with Gasteiger partial charge >= 0.3 is 12.0 Å². The minimum atomic E-state index is -0.752. The fourth-order valence-corrected chi connectivity index (χ4v) is 2.26. The topological polar surface area (TPSA) is 78.4 Å². The molecule has 0 saturated heterocycles. The van der Waals surface area contributed by atoms with Crippen LogP contribution >= 0.6 is 0 Å². The molecule has 1 rings (SSSR count). The van der Waals surface area contributed by atoms with E-state index in [2.05, 4.69) is 22.5 Å². The highest BCUT2D eigenvalue weighted by molar-refractivity contribution is 5.74. The molecule has 2 unspecified atom stereocenters. The molecule has 0 aromatic heterocycles. The Morgan fingerprint density at radius 1 is 1.33 bits per heavy atom. The summed E-state index contributed by atoms with van der Waals surface area (Å²) in [5, 5.41) is 14.4. The zero-order valence-corrected chi connectivity index (χ0v) is 10.7. The molecule has 5 heteroatoms. The molecule has 1 fully saturated rings. The van der Waals surface area contributed by atoms with Crippen LogP contribution in [0.5, 0.6) is 0 Å². The predicted octanol–water partition coefficient (Wildman–Crippen LogP) is 1.20. The molecule has 1 saturated carbocycles. The molecule has 0 aliphatic heterocycles. The van der Waals surface area contributed by atoms with E-state index < -0.39 is 5.97 Å². The van der Waals surface area contributed by atoms with Gasteiger partial charge in [-0.05, 0) is 25.7 Å². The zero-order chi connectivity index (χ0) is 13.4. The van der Waals surface area contributed by atoms with Crippen molar-refractivity contribution < 1.29 is 14.7 Å². The van der Waals surface area contributed by atoms with Gasteiger partial charge in [0.25, 0.3) is 0 Å². The molecule has 5 nitrogen and oxygen atoms in total. The highest BCUT2D eigenvalue weighted by Crippen LogP contribution is 2.31. The van der Waals surface area contributed by atoms with Gasteiger partial charge < -0.3 is 15.7 Å². The quantitative estimate of drug-likeness (QED) is 0.508. The van der Waals surface area contributed by atoms with Gasteiger partial charge in [0.1, 0.15) is 0 Å². The molecule has 2 amide bonds. The van der Waals surface area contributed by atoms with Gasteiger partial charge in [-0.15, -0.1) is 11.8 Å². The molecular weight excluding hydrogens is 232 g/mol. The average Bonchev–Trinajstić information content (AvgIpc) is 2.80. The molecule has 1 aliphatic carbocycles. The summed E-state index contributed by atoms with van der Waals surface area (Å²) in [5.74, 6) is 4.60. The number of hydrogen-bond acceptors (Lipinski definition) is 2. The number of hydrogen-bond donors (Lipinski definition) is 3. The van der Waals surface area contributed by atoms with E-state index in [1.165, 1.54) is 0 Å². The Balaban J connectivity index is 2.20. The predicted molar refractivity (Wildman–Crippen MR) is 67.9 cm³/mol. The second kappa shape index (κ2) is 7.59. The largest absolute Gasteiger partial charge is 0.481 e. The van der Waals surface area contributed by atoms with Crippen LogP contribution in [0.25, 0.3) is 0 Å². The summed E-state index contributed by atoms with van der Waals surface area (Å²) in [4.78, 5) is 22.4. The van der Waals surface area contributed by atoms with E-state index in [0.717, 1.165) is 19.3 Å². The Kier molecular flexibility index (Phi) is 6.06. The van der Waals surface area contributed by atoms with Gasteiger partial charge in [-0.1, -0.05) is 6.42 Å². The third kappa shape index (κ3) is 4.66. The Hall–Kier alpha value is -1.70. The number of rotatable bonds is 5. The van der Waals surface area contributed by atoms with Gasteiger partial charge in [0, 0.05) is 19.5 Å². The molecule has 0 heterocycles. The molecule has 0 bridgehead atoms. The summed E-state index contributed by atoms with van der Waals surface area (Å²) in [6, 6.07) is -0.246. The first-order valence-corrected chi connectivity index (χ1v) is 6.29. The van der Waals surface area contributed by atoms with Crippen LogP contribution in [-0.2, 0) is 4.79 Å². The van der Waals surface area contributed by atoms with Crippen LogP contribution in [0.4, 0.5) is 4.79 Å². The Labute approximate surface area is 107 Å². The fourth-order valence-electron chi connectivity index (χ4n) is 2.26. The third-order valence-electron chi connectivity index (χ3n) is 3.21. The van der Waals surface area contributed by atoms with Gasteiger partial charge in [-0.25, -0.2) is 4.79 Å². The van der Waals surface area contributed by atoms with Crippen molar-refractivity contribution in [1.29, 1.82) is 0 Å². The standard InChI is InChI=1S/C13H20N2O3/c1-2-3-4-8-14-13(18)15-9-10-6-5-7-11(10)12(16)17/h10-11H,4-9H2,1H3,(H,16,17)(H2,14,15,18). The molecule has 1 aliphatic rings. The number of aliphatic carboxylic acids is 1. The van der Waals surface area contributed by atoms with E-state index in [1.807, 2.05) is 0 Å². The molecule has 0 radical (unpaired) electrons. The van der Waals surface area contributed by atoms with Crippen LogP contribution in [0, 0.1) is 23.7 Å². The lowest BCUT2D eigenvalue weighted by molar-refractivity contribution is -0.142. The number of carbonyl (C=O) groups excluding carboxylic acids is 1. The lowest BCUT2D eigenvalue weighted by Crippen LogP contribution is -2.40. The molecule has 3 N–H and O–H groups in total. The summed E-state index contributed by atoms with van der Waals surface area (Å²) in [6.45, 7) is 2.70. The van der Waals surface area contributed by atoms with E-state index in [1.54, 1.807) is 6.92 Å². The minimum absolute atomic E-state index is 0.0590. The number of carboxylic acids is 1. The van der Waals surface area contributed by atoms with Crippen LogP contribution in [0.15, 0.2) is 0 Å². The first-order valence-electron chi connectivity index (χ1n) is 6.29. The van der Waals surface area contributed by atoms with Crippen molar-refractivity contribution in [2.45, 2.75) is 32.6 Å². The SMILES string of the molecule is CC#CCCNC(=O)NCC1CCCC1C(=O)O. The summed E-state index contributed by atoms with van der Waals surface area (Å²) in [6.07, 6.45) is 3.15. The normalized spacial score (nSPS) is 21.8. The highest BCUT2D eigenvalue weighted by atomic mass is 16.4. The number of urea groups is 1. The minimum Gasteiger partial charge on any atom is -0.481 e. The monoisotopic (exact) mass is 252 g/mol. The second-order valence-electron chi connectivity index (χ2n) is 4.45. The van der Waals surface area contributed by atoms with Crippen molar-refractivity contribution in [3.05, 3.63) is 0 Å². The summed E-state index contributed by atoms with van der Waals surface area (Å²) >= 11 is 0. The van der Waals surface area contributed by atoms with Crippen LogP contribution < -0.4 is 10.6 Å². The van der Waals surface area contributed by atoms with E-state index in [0.29, 0.717) is 19.5 Å². The lowest BCUT2D eigenvalue weighted by Gasteiger charge is -2.16. The smallest absolute Gasteiger partial charge is 0.314 e. The molecular formula is C13H20N2O3. The van der Waals surface area contributed by atoms with E-state index >= 15 is 0 Å². The molecule has 18 heavy (non-hydrogen) atoms. The molecule has 0 spiro atoms. The second-order valence-corrected chi connectivity index (χ2v) is 4.45. The first-order chi connectivity index (χ1) is 8.65. The van der Waals surface area contributed by atoms with Crippen LogP contribution in [-0.4, -0.2) is 30.2 Å². The molecule has 0 aromatic carbocycles. The van der Waals surface area contributed by atoms with Gasteiger partial charge in [0.2, 0.25) is 0 Å². The van der Waals surface area contributed by atoms with Crippen molar-refractivity contribution in [1.82, 2.24) is 10.6 Å². The van der Waals surface area contributed by atoms with Crippen LogP contribution in [0.1, 0.15) is 32.6 Å². The van der Waals surface area contributed by atoms with Crippen molar-refractivity contribution in [3.63, 3.8) is 0 Å². The van der Waals surface area contributed by atoms with Gasteiger partial charge in [0.05, 0.1) is 5.92 Å². The van der Waals surface area contributed by atoms with Crippen molar-refractivity contribution >= 4 is 12.0 Å². The number of amides is 2. The Morgan fingerprint density at radius 2 is 2.11 bits per heavy atom. The van der Waals surface area contributed by atoms with E-state index in [9.17, 15) is 9.59 Å². The third-order valence-corrected chi connectivity index (χ3v) is 3.21. The van der Waals surface area contributed by atoms with Gasteiger partial charge in [-0.3, -0.25) is 4.79 Å². The van der Waals surface area contributed by atoms with Crippen molar-refractivity contribution in [2.24, 2.45) is 11.8 Å². The lowest BCUT2D eigenvalue weighted by atomic mass is 9.96. The zero-order valence-electron chi connectivity index (χ0n) is 10.7. The Morgan fingerprint density at radius 3 is 2.78 bits per heavy atom. The van der Waals surface area contributed by atoms with Crippen LogP contribution in [0.3, 0.4) is 0 Å². The molecule has 0 aromatic rings. The first kappa shape index (κ1) is 14.4. The molecule has 2 atom stereocenters. The number of carbonyl (C=O) groups is 2. The highest BCUT2D eigenvalue weighted by Gasteiger charge is 2.32. The summed E-state index contributed by atoms with van der Waals surface area (Å²) in [5.41, 5.74) is 0. The summed E-state index contributed by atoms with van der Waals surface area (Å²) in [7, 11) is 0. The average molecular weight is 252 g/mol. The van der Waals surface area contributed by atoms with Crippen molar-refractivity contribution in [2.75, 3.05) is 13.1 Å². The van der Waals surface area contributed by atoms with Crippen molar-refractivity contribution in [3.8, 4) is 11.8 Å². The number of nitrogens with one attached hydrogen (secondary N) is 2. The van der Waals surface area contributed by atoms with Gasteiger partial charge in [0.15, 0.2) is 0 Å². The Bertz CT molecular complexity index is 357. The van der Waals surface area contributed by atoms with E-state index in [-0.39, 0.29) is 17.9 Å². The maximum atomic E-state index is 11.4. The maximum Gasteiger partial charge on any atom is 0.314 e. The van der Waals surface area contributed by atoms with E-state index in [4.69, 9.17) is 5.11 Å².